The Morgan fingerprint density at radius 3 is 2.79 bits per heavy atom. The second kappa shape index (κ2) is 6.06. The highest BCUT2D eigenvalue weighted by molar-refractivity contribution is 5.84. The summed E-state index contributed by atoms with van der Waals surface area (Å²) in [6, 6.07) is 3.99. The van der Waals surface area contributed by atoms with Gasteiger partial charge in [-0.15, -0.1) is 0 Å². The predicted octanol–water partition coefficient (Wildman–Crippen LogP) is 3.98. The zero-order valence-corrected chi connectivity index (χ0v) is 11.0. The van der Waals surface area contributed by atoms with Crippen LogP contribution in [0.25, 0.3) is 10.4 Å². The summed E-state index contributed by atoms with van der Waals surface area (Å²) in [5, 5.41) is 5.76. The number of anilines is 1. The molecule has 1 aromatic rings. The van der Waals surface area contributed by atoms with Gasteiger partial charge in [-0.25, -0.2) is 9.18 Å². The van der Waals surface area contributed by atoms with Crippen molar-refractivity contribution in [3.63, 3.8) is 0 Å². The SMILES string of the molecule is CC(C)(C)OC(=O)Nc1ccc(F)c(CN=[N+]=[N-])c1. The molecule has 0 heterocycles. The van der Waals surface area contributed by atoms with Crippen molar-refractivity contribution in [3.8, 4) is 0 Å². The Balaban J connectivity index is 2.79. The molecular formula is C12H15FN4O2. The van der Waals surface area contributed by atoms with Gasteiger partial charge in [-0.2, -0.15) is 0 Å². The lowest BCUT2D eigenvalue weighted by Gasteiger charge is -2.19. The van der Waals surface area contributed by atoms with Crippen molar-refractivity contribution in [1.82, 2.24) is 0 Å². The Labute approximate surface area is 110 Å². The minimum atomic E-state index is -0.631. The van der Waals surface area contributed by atoms with Crippen LogP contribution in [0.5, 0.6) is 0 Å². The Morgan fingerprint density at radius 2 is 2.21 bits per heavy atom. The maximum absolute atomic E-state index is 13.4. The molecule has 0 aliphatic carbocycles. The number of benzene rings is 1. The zero-order chi connectivity index (χ0) is 14.5. The molecule has 0 aliphatic rings. The quantitative estimate of drug-likeness (QED) is 0.509. The number of halogens is 1. The van der Waals surface area contributed by atoms with E-state index in [1.807, 2.05) is 0 Å². The average Bonchev–Trinajstić information content (AvgIpc) is 2.27. The highest BCUT2D eigenvalue weighted by Gasteiger charge is 2.16. The van der Waals surface area contributed by atoms with E-state index in [2.05, 4.69) is 15.3 Å². The van der Waals surface area contributed by atoms with E-state index in [4.69, 9.17) is 10.3 Å². The molecule has 0 aliphatic heterocycles. The van der Waals surface area contributed by atoms with E-state index >= 15 is 0 Å². The number of azide groups is 1. The molecule has 1 rings (SSSR count). The van der Waals surface area contributed by atoms with E-state index in [1.54, 1.807) is 20.8 Å². The molecular weight excluding hydrogens is 251 g/mol. The summed E-state index contributed by atoms with van der Waals surface area (Å²) < 4.78 is 18.4. The topological polar surface area (TPSA) is 87.1 Å². The van der Waals surface area contributed by atoms with Crippen LogP contribution in [0.15, 0.2) is 23.3 Å². The predicted molar refractivity (Wildman–Crippen MR) is 69.1 cm³/mol. The number of hydrogen-bond acceptors (Lipinski definition) is 3. The lowest BCUT2D eigenvalue weighted by molar-refractivity contribution is 0.0636. The van der Waals surface area contributed by atoms with Crippen molar-refractivity contribution in [1.29, 1.82) is 0 Å². The molecule has 102 valence electrons. The number of carbonyl (C=O) groups excluding carboxylic acids is 1. The highest BCUT2D eigenvalue weighted by atomic mass is 19.1. The van der Waals surface area contributed by atoms with Crippen LogP contribution in [0.2, 0.25) is 0 Å². The van der Waals surface area contributed by atoms with Crippen molar-refractivity contribution < 1.29 is 13.9 Å². The van der Waals surface area contributed by atoms with Crippen LogP contribution in [0.3, 0.4) is 0 Å². The minimum absolute atomic E-state index is 0.119. The fourth-order valence-electron chi connectivity index (χ4n) is 1.30. The van der Waals surface area contributed by atoms with Crippen molar-refractivity contribution in [3.05, 3.63) is 40.0 Å². The summed E-state index contributed by atoms with van der Waals surface area (Å²) in [6.07, 6.45) is -0.631. The third-order valence-electron chi connectivity index (χ3n) is 2.00. The van der Waals surface area contributed by atoms with Gasteiger partial charge < -0.3 is 4.74 Å². The summed E-state index contributed by atoms with van der Waals surface area (Å²) in [7, 11) is 0. The Kier molecular flexibility index (Phi) is 4.72. The number of carbonyl (C=O) groups is 1. The summed E-state index contributed by atoms with van der Waals surface area (Å²) in [5.74, 6) is -0.498. The number of nitrogens with zero attached hydrogens (tertiary/aromatic N) is 3. The maximum Gasteiger partial charge on any atom is 0.412 e. The molecule has 7 heteroatoms. The molecule has 0 bridgehead atoms. The summed E-state index contributed by atoms with van der Waals surface area (Å²) in [6.45, 7) is 5.10. The van der Waals surface area contributed by atoms with Gasteiger partial charge in [0, 0.05) is 10.6 Å². The van der Waals surface area contributed by atoms with E-state index < -0.39 is 17.5 Å². The molecule has 0 saturated carbocycles. The van der Waals surface area contributed by atoms with E-state index in [1.165, 1.54) is 18.2 Å². The molecule has 6 nitrogen and oxygen atoms in total. The lowest BCUT2D eigenvalue weighted by atomic mass is 10.2. The molecule has 0 saturated heterocycles. The molecule has 1 amide bonds. The fraction of sp³-hybridized carbons (Fsp3) is 0.417. The van der Waals surface area contributed by atoms with Crippen molar-refractivity contribution in [2.45, 2.75) is 32.9 Å². The van der Waals surface area contributed by atoms with Gasteiger partial charge in [-0.1, -0.05) is 5.11 Å². The third kappa shape index (κ3) is 5.27. The second-order valence-corrected chi connectivity index (χ2v) is 4.82. The largest absolute Gasteiger partial charge is 0.444 e. The molecule has 0 aromatic heterocycles. The van der Waals surface area contributed by atoms with Gasteiger partial charge in [0.1, 0.15) is 11.4 Å². The van der Waals surface area contributed by atoms with Gasteiger partial charge in [0.2, 0.25) is 0 Å². The third-order valence-corrected chi connectivity index (χ3v) is 2.00. The van der Waals surface area contributed by atoms with E-state index in [9.17, 15) is 9.18 Å². The zero-order valence-electron chi connectivity index (χ0n) is 11.0. The smallest absolute Gasteiger partial charge is 0.412 e. The second-order valence-electron chi connectivity index (χ2n) is 4.82. The van der Waals surface area contributed by atoms with Gasteiger partial charge >= 0.3 is 6.09 Å². The highest BCUT2D eigenvalue weighted by Crippen LogP contribution is 2.17. The Bertz CT molecular complexity index is 519. The first-order valence-corrected chi connectivity index (χ1v) is 5.61. The average molecular weight is 266 g/mol. The minimum Gasteiger partial charge on any atom is -0.444 e. The summed E-state index contributed by atoms with van der Waals surface area (Å²) in [4.78, 5) is 14.1. The first-order chi connectivity index (χ1) is 8.81. The normalized spacial score (nSPS) is 10.5. The van der Waals surface area contributed by atoms with Crippen LogP contribution in [-0.2, 0) is 11.3 Å². The van der Waals surface area contributed by atoms with Gasteiger partial charge in [0.05, 0.1) is 6.54 Å². The van der Waals surface area contributed by atoms with E-state index in [0.29, 0.717) is 5.69 Å². The summed E-state index contributed by atoms with van der Waals surface area (Å²) in [5.41, 5.74) is 8.17. The summed E-state index contributed by atoms with van der Waals surface area (Å²) >= 11 is 0. The molecule has 0 radical (unpaired) electrons. The number of rotatable bonds is 3. The number of amides is 1. The fourth-order valence-corrected chi connectivity index (χ4v) is 1.30. The maximum atomic E-state index is 13.4. The molecule has 0 atom stereocenters. The van der Waals surface area contributed by atoms with Crippen LogP contribution in [-0.4, -0.2) is 11.7 Å². The first-order valence-electron chi connectivity index (χ1n) is 5.61. The number of ether oxygens (including phenoxy) is 1. The van der Waals surface area contributed by atoms with Crippen LogP contribution in [0.1, 0.15) is 26.3 Å². The first kappa shape index (κ1) is 14.8. The van der Waals surface area contributed by atoms with Gasteiger partial charge in [-0.05, 0) is 50.1 Å². The molecule has 0 unspecified atom stereocenters. The van der Waals surface area contributed by atoms with Crippen LogP contribution in [0, 0.1) is 5.82 Å². The number of hydrogen-bond donors (Lipinski definition) is 1. The molecule has 1 N–H and O–H groups in total. The molecule has 0 spiro atoms. The van der Waals surface area contributed by atoms with Gasteiger partial charge in [0.25, 0.3) is 0 Å². The van der Waals surface area contributed by atoms with Gasteiger partial charge in [0.15, 0.2) is 0 Å². The van der Waals surface area contributed by atoms with E-state index in [0.717, 1.165) is 0 Å². The van der Waals surface area contributed by atoms with E-state index in [-0.39, 0.29) is 12.1 Å². The standard InChI is InChI=1S/C12H15FN4O2/c1-12(2,3)19-11(18)16-9-4-5-10(13)8(6-9)7-15-17-14/h4-6H,7H2,1-3H3,(H,16,18). The molecule has 19 heavy (non-hydrogen) atoms. The lowest BCUT2D eigenvalue weighted by Crippen LogP contribution is -2.27. The Hall–Kier alpha value is -2.27. The molecule has 0 fully saturated rings. The van der Waals surface area contributed by atoms with Crippen molar-refractivity contribution >= 4 is 11.8 Å². The van der Waals surface area contributed by atoms with Crippen LogP contribution in [0.4, 0.5) is 14.9 Å². The van der Waals surface area contributed by atoms with Gasteiger partial charge in [-0.3, -0.25) is 5.32 Å². The monoisotopic (exact) mass is 266 g/mol. The van der Waals surface area contributed by atoms with Crippen LogP contribution < -0.4 is 5.32 Å². The molecule has 1 aromatic carbocycles. The Morgan fingerprint density at radius 1 is 1.53 bits per heavy atom. The van der Waals surface area contributed by atoms with Crippen LogP contribution >= 0.6 is 0 Å². The van der Waals surface area contributed by atoms with Crippen molar-refractivity contribution in [2.75, 3.05) is 5.32 Å². The van der Waals surface area contributed by atoms with Crippen molar-refractivity contribution in [2.24, 2.45) is 5.11 Å². The number of nitrogens with one attached hydrogen (secondary N) is 1.